The van der Waals surface area contributed by atoms with Crippen molar-refractivity contribution >= 4 is 23.3 Å². The van der Waals surface area contributed by atoms with Crippen LogP contribution in [0.5, 0.6) is 0 Å². The molecule has 0 fully saturated rings. The van der Waals surface area contributed by atoms with Crippen molar-refractivity contribution in [2.45, 2.75) is 47.5 Å². The number of aryl methyl sites for hydroxylation is 1. The zero-order valence-corrected chi connectivity index (χ0v) is 16.9. The lowest BCUT2D eigenvalue weighted by Crippen LogP contribution is -2.31. The molecule has 148 valence electrons. The molecule has 28 heavy (non-hydrogen) atoms. The number of nitrogens with one attached hydrogen (secondary N) is 2. The highest BCUT2D eigenvalue weighted by molar-refractivity contribution is 6.09. The van der Waals surface area contributed by atoms with Crippen LogP contribution in [0.2, 0.25) is 0 Å². The Bertz CT molecular complexity index is 986. The Labute approximate surface area is 164 Å². The summed E-state index contributed by atoms with van der Waals surface area (Å²) in [5.74, 6) is 0.654. The van der Waals surface area contributed by atoms with Crippen LogP contribution in [-0.2, 0) is 6.42 Å². The van der Waals surface area contributed by atoms with Gasteiger partial charge in [0, 0.05) is 23.2 Å². The van der Waals surface area contributed by atoms with Crippen molar-refractivity contribution in [3.8, 4) is 0 Å². The SMILES string of the molecule is Cc1cccc(NC(=O)c2oc3c(c2C)/C(=N\NC(N)=O)CC(C)(C)C3)c1C. The Morgan fingerprint density at radius 2 is 1.86 bits per heavy atom. The van der Waals surface area contributed by atoms with Gasteiger partial charge in [-0.3, -0.25) is 4.79 Å². The molecule has 4 N–H and O–H groups in total. The minimum Gasteiger partial charge on any atom is -0.455 e. The zero-order chi connectivity index (χ0) is 20.6. The van der Waals surface area contributed by atoms with E-state index >= 15 is 0 Å². The number of anilines is 1. The van der Waals surface area contributed by atoms with E-state index < -0.39 is 6.03 Å². The monoisotopic (exact) mass is 382 g/mol. The molecule has 1 heterocycles. The molecule has 3 rings (SSSR count). The Morgan fingerprint density at radius 3 is 2.54 bits per heavy atom. The largest absolute Gasteiger partial charge is 0.455 e. The highest BCUT2D eigenvalue weighted by atomic mass is 16.4. The molecular formula is C21H26N4O3. The van der Waals surface area contributed by atoms with Gasteiger partial charge in [0.2, 0.25) is 0 Å². The highest BCUT2D eigenvalue weighted by Crippen LogP contribution is 2.39. The summed E-state index contributed by atoms with van der Waals surface area (Å²) in [6.45, 7) is 9.97. The fourth-order valence-corrected chi connectivity index (χ4v) is 3.61. The van der Waals surface area contributed by atoms with Crippen LogP contribution >= 0.6 is 0 Å². The second-order valence-electron chi connectivity index (χ2n) is 8.11. The molecule has 2 aromatic rings. The van der Waals surface area contributed by atoms with E-state index in [4.69, 9.17) is 10.2 Å². The second-order valence-corrected chi connectivity index (χ2v) is 8.11. The summed E-state index contributed by atoms with van der Waals surface area (Å²) >= 11 is 0. The lowest BCUT2D eigenvalue weighted by atomic mass is 9.75. The van der Waals surface area contributed by atoms with Crippen LogP contribution in [0.25, 0.3) is 0 Å². The minimum absolute atomic E-state index is 0.115. The average Bonchev–Trinajstić information content (AvgIpc) is 2.92. The van der Waals surface area contributed by atoms with Gasteiger partial charge in [0.1, 0.15) is 5.76 Å². The Morgan fingerprint density at radius 1 is 1.14 bits per heavy atom. The molecule has 1 aromatic heterocycles. The van der Waals surface area contributed by atoms with Crippen molar-refractivity contribution in [3.63, 3.8) is 0 Å². The molecule has 0 saturated carbocycles. The number of carbonyl (C=O) groups is 2. The second kappa shape index (κ2) is 7.14. The number of carbonyl (C=O) groups excluding carboxylic acids is 2. The first-order valence-electron chi connectivity index (χ1n) is 9.21. The van der Waals surface area contributed by atoms with E-state index in [1.165, 1.54) is 0 Å². The maximum absolute atomic E-state index is 12.9. The van der Waals surface area contributed by atoms with Crippen molar-refractivity contribution in [1.82, 2.24) is 5.43 Å². The van der Waals surface area contributed by atoms with Crippen molar-refractivity contribution < 1.29 is 14.0 Å². The number of nitrogens with zero attached hydrogens (tertiary/aromatic N) is 1. The molecule has 0 aliphatic heterocycles. The van der Waals surface area contributed by atoms with Gasteiger partial charge in [0.25, 0.3) is 5.91 Å². The number of furan rings is 1. The molecule has 7 heteroatoms. The molecule has 7 nitrogen and oxygen atoms in total. The van der Waals surface area contributed by atoms with E-state index in [1.807, 2.05) is 39.0 Å². The van der Waals surface area contributed by atoms with Crippen molar-refractivity contribution in [3.05, 3.63) is 52.0 Å². The van der Waals surface area contributed by atoms with Gasteiger partial charge in [0.15, 0.2) is 5.76 Å². The molecule has 0 radical (unpaired) electrons. The summed E-state index contributed by atoms with van der Waals surface area (Å²) in [7, 11) is 0. The van der Waals surface area contributed by atoms with Crippen LogP contribution in [0.15, 0.2) is 27.7 Å². The van der Waals surface area contributed by atoms with Gasteiger partial charge < -0.3 is 15.5 Å². The van der Waals surface area contributed by atoms with Gasteiger partial charge in [-0.1, -0.05) is 26.0 Å². The van der Waals surface area contributed by atoms with Gasteiger partial charge in [-0.2, -0.15) is 5.10 Å². The minimum atomic E-state index is -0.730. The Balaban J connectivity index is 1.99. The summed E-state index contributed by atoms with van der Waals surface area (Å²) in [5, 5.41) is 7.10. The van der Waals surface area contributed by atoms with Crippen LogP contribution < -0.4 is 16.5 Å². The van der Waals surface area contributed by atoms with Crippen molar-refractivity contribution in [1.29, 1.82) is 0 Å². The lowest BCUT2D eigenvalue weighted by molar-refractivity contribution is 0.0992. The molecule has 0 bridgehead atoms. The third kappa shape index (κ3) is 3.78. The highest BCUT2D eigenvalue weighted by Gasteiger charge is 2.36. The molecule has 1 aliphatic rings. The summed E-state index contributed by atoms with van der Waals surface area (Å²) in [4.78, 5) is 24.0. The maximum atomic E-state index is 12.9. The predicted molar refractivity (Wildman–Crippen MR) is 109 cm³/mol. The predicted octanol–water partition coefficient (Wildman–Crippen LogP) is 3.80. The quantitative estimate of drug-likeness (QED) is 0.702. The number of benzene rings is 1. The first-order chi connectivity index (χ1) is 13.1. The summed E-state index contributed by atoms with van der Waals surface area (Å²) in [5.41, 5.74) is 12.4. The van der Waals surface area contributed by atoms with E-state index in [0.29, 0.717) is 29.9 Å². The molecule has 0 atom stereocenters. The third-order valence-corrected chi connectivity index (χ3v) is 5.15. The molecule has 0 unspecified atom stereocenters. The number of hydrazone groups is 1. The molecule has 0 spiro atoms. The fourth-order valence-electron chi connectivity index (χ4n) is 3.61. The van der Waals surface area contributed by atoms with Crippen molar-refractivity contribution in [2.24, 2.45) is 16.3 Å². The number of rotatable bonds is 3. The van der Waals surface area contributed by atoms with Crippen LogP contribution in [0.4, 0.5) is 10.5 Å². The standard InChI is InChI=1S/C21H26N4O3/c1-11-7-6-8-14(12(11)2)23-19(26)18-13(3)17-15(24-25-20(22)27)9-21(4,5)10-16(17)28-18/h6-8H,9-10H2,1-5H3,(H,23,26)(H3,22,25,27)/b24-15-. The van der Waals surface area contributed by atoms with Crippen LogP contribution in [0.1, 0.15) is 58.8 Å². The number of hydrogen-bond acceptors (Lipinski definition) is 4. The summed E-state index contributed by atoms with van der Waals surface area (Å²) in [6.07, 6.45) is 1.31. The van der Waals surface area contributed by atoms with Crippen LogP contribution in [0, 0.1) is 26.2 Å². The summed E-state index contributed by atoms with van der Waals surface area (Å²) in [6, 6.07) is 5.04. The Kier molecular flexibility index (Phi) is 5.02. The summed E-state index contributed by atoms with van der Waals surface area (Å²) < 4.78 is 5.98. The van der Waals surface area contributed by atoms with E-state index in [0.717, 1.165) is 22.4 Å². The fraction of sp³-hybridized carbons (Fsp3) is 0.381. The molecule has 1 aromatic carbocycles. The van der Waals surface area contributed by atoms with Crippen LogP contribution in [-0.4, -0.2) is 17.6 Å². The van der Waals surface area contributed by atoms with Gasteiger partial charge in [0.05, 0.1) is 5.71 Å². The van der Waals surface area contributed by atoms with Gasteiger partial charge in [-0.05, 0) is 49.8 Å². The zero-order valence-electron chi connectivity index (χ0n) is 16.9. The Hall–Kier alpha value is -3.09. The van der Waals surface area contributed by atoms with E-state index in [9.17, 15) is 9.59 Å². The third-order valence-electron chi connectivity index (χ3n) is 5.15. The van der Waals surface area contributed by atoms with E-state index in [2.05, 4.69) is 29.7 Å². The first-order valence-corrected chi connectivity index (χ1v) is 9.21. The number of fused-ring (bicyclic) bond motifs is 1. The van der Waals surface area contributed by atoms with Gasteiger partial charge >= 0.3 is 6.03 Å². The molecule has 3 amide bonds. The molecule has 0 saturated heterocycles. The molecular weight excluding hydrogens is 356 g/mol. The average molecular weight is 382 g/mol. The van der Waals surface area contributed by atoms with Gasteiger partial charge in [-0.25, -0.2) is 10.2 Å². The topological polar surface area (TPSA) is 110 Å². The number of nitrogens with two attached hydrogens (primary N) is 1. The van der Waals surface area contributed by atoms with E-state index in [1.54, 1.807) is 0 Å². The lowest BCUT2D eigenvalue weighted by Gasteiger charge is -2.29. The number of primary amides is 1. The smallest absolute Gasteiger partial charge is 0.332 e. The molecule has 1 aliphatic carbocycles. The number of amides is 3. The van der Waals surface area contributed by atoms with E-state index in [-0.39, 0.29) is 17.1 Å². The maximum Gasteiger partial charge on any atom is 0.332 e. The van der Waals surface area contributed by atoms with Crippen LogP contribution in [0.3, 0.4) is 0 Å². The first kappa shape index (κ1) is 19.7. The van der Waals surface area contributed by atoms with Gasteiger partial charge in [-0.15, -0.1) is 0 Å². The number of urea groups is 1. The normalized spacial score (nSPS) is 16.5. The number of hydrogen-bond donors (Lipinski definition) is 3. The van der Waals surface area contributed by atoms with Crippen molar-refractivity contribution in [2.75, 3.05) is 5.32 Å².